The van der Waals surface area contributed by atoms with Gasteiger partial charge in [-0.2, -0.15) is 0 Å². The molecule has 0 saturated carbocycles. The highest BCUT2D eigenvalue weighted by Crippen LogP contribution is 2.43. The fourth-order valence-corrected chi connectivity index (χ4v) is 12.4. The molecule has 0 aliphatic heterocycles. The summed E-state index contributed by atoms with van der Waals surface area (Å²) in [4.78, 5) is 35.9. The molecule has 0 radical (unpaired) electrons. The van der Waals surface area contributed by atoms with Crippen LogP contribution in [0.2, 0.25) is 0 Å². The Morgan fingerprint density at radius 1 is 0.352 bits per heavy atom. The summed E-state index contributed by atoms with van der Waals surface area (Å²) in [6.07, 6.45) is 90.1. The molecule has 0 bridgehead atoms. The van der Waals surface area contributed by atoms with Crippen LogP contribution in [0.5, 0.6) is 0 Å². The van der Waals surface area contributed by atoms with Crippen molar-refractivity contribution in [1.82, 2.24) is 0 Å². The van der Waals surface area contributed by atoms with Gasteiger partial charge in [-0.05, 0) is 70.6 Å². The first-order valence-electron chi connectivity index (χ1n) is 38.7. The van der Waals surface area contributed by atoms with E-state index in [4.69, 9.17) is 18.5 Å². The highest BCUT2D eigenvalue weighted by Gasteiger charge is 2.27. The average Bonchev–Trinajstić information content (AvgIpc) is 3.58. The van der Waals surface area contributed by atoms with Crippen molar-refractivity contribution in [2.24, 2.45) is 0 Å². The molecule has 88 heavy (non-hydrogen) atoms. The van der Waals surface area contributed by atoms with Gasteiger partial charge in [-0.1, -0.05) is 352 Å². The van der Waals surface area contributed by atoms with E-state index in [-0.39, 0.29) is 25.6 Å². The number of allylic oxidation sites excluding steroid dienone is 6. The first kappa shape index (κ1) is 86.2. The van der Waals surface area contributed by atoms with E-state index in [9.17, 15) is 19.0 Å². The fourth-order valence-electron chi connectivity index (χ4n) is 11.7. The molecule has 2 unspecified atom stereocenters. The van der Waals surface area contributed by atoms with Crippen molar-refractivity contribution in [2.75, 3.05) is 47.5 Å². The molecular weight excluding hydrogens is 1110 g/mol. The van der Waals surface area contributed by atoms with Crippen molar-refractivity contribution in [3.8, 4) is 0 Å². The number of carbonyl (C=O) groups excluding carboxylic acids is 2. The molecule has 9 nitrogen and oxygen atoms in total. The molecule has 0 aliphatic rings. The number of likely N-dealkylation sites (N-methyl/N-ethyl adjacent to an activating group) is 1. The second-order valence-electron chi connectivity index (χ2n) is 27.7. The fraction of sp³-hybridized carbons (Fsp3) is 0.897. The molecular formula is C78H151NO8P+. The van der Waals surface area contributed by atoms with Gasteiger partial charge in [0.1, 0.15) is 19.8 Å². The van der Waals surface area contributed by atoms with Crippen LogP contribution >= 0.6 is 7.82 Å². The number of nitrogens with zero attached hydrogens (tertiary/aromatic N) is 1. The summed E-state index contributed by atoms with van der Waals surface area (Å²) >= 11 is 0. The zero-order valence-electron chi connectivity index (χ0n) is 59.5. The molecule has 0 aromatic carbocycles. The summed E-state index contributed by atoms with van der Waals surface area (Å²) in [6, 6.07) is 0. The maximum atomic E-state index is 12.9. The third-order valence-electron chi connectivity index (χ3n) is 17.6. The average molecular weight is 1260 g/mol. The number of rotatable bonds is 73. The minimum atomic E-state index is -4.39. The summed E-state index contributed by atoms with van der Waals surface area (Å²) in [6.45, 7) is 4.49. The molecule has 0 aromatic heterocycles. The lowest BCUT2D eigenvalue weighted by atomic mass is 10.0. The Morgan fingerprint density at radius 3 is 0.909 bits per heavy atom. The summed E-state index contributed by atoms with van der Waals surface area (Å²) < 4.78 is 34.8. The van der Waals surface area contributed by atoms with E-state index in [1.807, 2.05) is 21.1 Å². The molecule has 0 spiro atoms. The number of ether oxygens (including phenoxy) is 2. The Hall–Kier alpha value is -1.77. The van der Waals surface area contributed by atoms with Crippen LogP contribution in [0.3, 0.4) is 0 Å². The molecule has 2 atom stereocenters. The Balaban J connectivity index is 3.87. The zero-order valence-corrected chi connectivity index (χ0v) is 60.4. The normalized spacial score (nSPS) is 13.2. The number of hydrogen-bond acceptors (Lipinski definition) is 7. The second kappa shape index (κ2) is 69.6. The Bertz CT molecular complexity index is 1580. The molecule has 1 N–H and O–H groups in total. The first-order valence-corrected chi connectivity index (χ1v) is 40.2. The SMILES string of the molecule is CCCCCCC/C=C\C/C=C\CCCCCCCCCCCCCCCCCCCCCCCCCCCCCCCC(=O)OC(COC(=O)CCCCCCCCCCCCC/C=C\CCCCCCCCCC)COP(=O)(O)OCC[N+](C)(C)C. The van der Waals surface area contributed by atoms with Gasteiger partial charge in [0.2, 0.25) is 0 Å². The summed E-state index contributed by atoms with van der Waals surface area (Å²) in [5.41, 5.74) is 0. The third-order valence-corrected chi connectivity index (χ3v) is 18.6. The number of phosphoric ester groups is 1. The van der Waals surface area contributed by atoms with Gasteiger partial charge in [0.05, 0.1) is 27.7 Å². The van der Waals surface area contributed by atoms with Crippen molar-refractivity contribution in [3.63, 3.8) is 0 Å². The van der Waals surface area contributed by atoms with Crippen LogP contribution in [-0.4, -0.2) is 74.9 Å². The van der Waals surface area contributed by atoms with Crippen LogP contribution < -0.4 is 0 Å². The standard InChI is InChI=1S/C78H150NO8P/c1-6-8-10-12-14-16-18-20-22-24-26-28-30-31-32-33-34-35-36-37-38-39-40-41-42-43-44-45-46-47-49-51-53-55-57-59-61-63-65-67-69-71-78(81)87-76(75-86-88(82,83)85-73-72-79(3,4)5)74-84-77(80)70-68-66-64-62-60-58-56-54-52-50-48-29-27-25-23-21-19-17-15-13-11-9-7-2/h18,20,24-27,76H,6-17,19,21-23,28-75H2,1-5H3/p+1/b20-18-,26-24-,27-25-. The van der Waals surface area contributed by atoms with Crippen molar-refractivity contribution in [2.45, 2.75) is 405 Å². The first-order chi connectivity index (χ1) is 43.0. The van der Waals surface area contributed by atoms with Gasteiger partial charge >= 0.3 is 19.8 Å². The van der Waals surface area contributed by atoms with E-state index >= 15 is 0 Å². The van der Waals surface area contributed by atoms with Crippen molar-refractivity contribution >= 4 is 19.8 Å². The topological polar surface area (TPSA) is 108 Å². The molecule has 0 saturated heterocycles. The predicted octanol–water partition coefficient (Wildman–Crippen LogP) is 25.4. The zero-order chi connectivity index (χ0) is 64.1. The van der Waals surface area contributed by atoms with Gasteiger partial charge in [-0.15, -0.1) is 0 Å². The van der Waals surface area contributed by atoms with Crippen LogP contribution in [0.15, 0.2) is 36.5 Å². The van der Waals surface area contributed by atoms with Gasteiger partial charge in [0.25, 0.3) is 0 Å². The summed E-state index contributed by atoms with van der Waals surface area (Å²) in [5, 5.41) is 0. The molecule has 0 rings (SSSR count). The highest BCUT2D eigenvalue weighted by molar-refractivity contribution is 7.47. The molecule has 0 heterocycles. The Kier molecular flexibility index (Phi) is 68.2. The van der Waals surface area contributed by atoms with Gasteiger partial charge in [0, 0.05) is 12.8 Å². The minimum absolute atomic E-state index is 0.0348. The van der Waals surface area contributed by atoms with Gasteiger partial charge in [-0.3, -0.25) is 18.6 Å². The molecule has 0 aliphatic carbocycles. The Labute approximate surface area is 548 Å². The lowest BCUT2D eigenvalue weighted by molar-refractivity contribution is -0.870. The lowest BCUT2D eigenvalue weighted by Crippen LogP contribution is -2.37. The lowest BCUT2D eigenvalue weighted by Gasteiger charge is -2.24. The van der Waals surface area contributed by atoms with Gasteiger partial charge < -0.3 is 18.9 Å². The molecule has 520 valence electrons. The van der Waals surface area contributed by atoms with Crippen LogP contribution in [0, 0.1) is 0 Å². The van der Waals surface area contributed by atoms with Crippen LogP contribution in [0.4, 0.5) is 0 Å². The third kappa shape index (κ3) is 73.3. The van der Waals surface area contributed by atoms with E-state index in [2.05, 4.69) is 50.3 Å². The largest absolute Gasteiger partial charge is 0.472 e. The monoisotopic (exact) mass is 1260 g/mol. The number of quaternary nitrogens is 1. The van der Waals surface area contributed by atoms with E-state index < -0.39 is 26.5 Å². The van der Waals surface area contributed by atoms with Crippen LogP contribution in [0.25, 0.3) is 0 Å². The van der Waals surface area contributed by atoms with Crippen LogP contribution in [0.1, 0.15) is 399 Å². The van der Waals surface area contributed by atoms with Gasteiger partial charge in [-0.25, -0.2) is 4.57 Å². The second-order valence-corrected chi connectivity index (χ2v) is 29.2. The number of unbranched alkanes of at least 4 members (excludes halogenated alkanes) is 53. The number of phosphoric acid groups is 1. The van der Waals surface area contributed by atoms with Crippen molar-refractivity contribution in [3.05, 3.63) is 36.5 Å². The molecule has 0 amide bonds. The summed E-state index contributed by atoms with van der Waals surface area (Å²) in [7, 11) is 1.50. The van der Waals surface area contributed by atoms with Gasteiger partial charge in [0.15, 0.2) is 6.10 Å². The number of hydrogen-bond donors (Lipinski definition) is 1. The quantitative estimate of drug-likeness (QED) is 0.0211. The molecule has 0 aromatic rings. The van der Waals surface area contributed by atoms with E-state index in [0.717, 1.165) is 38.5 Å². The summed E-state index contributed by atoms with van der Waals surface area (Å²) in [5.74, 6) is -0.775. The van der Waals surface area contributed by atoms with E-state index in [1.54, 1.807) is 0 Å². The smallest absolute Gasteiger partial charge is 0.462 e. The number of esters is 2. The maximum Gasteiger partial charge on any atom is 0.472 e. The minimum Gasteiger partial charge on any atom is -0.462 e. The van der Waals surface area contributed by atoms with E-state index in [0.29, 0.717) is 23.9 Å². The molecule has 0 fully saturated rings. The van der Waals surface area contributed by atoms with Crippen molar-refractivity contribution in [1.29, 1.82) is 0 Å². The number of carbonyl (C=O) groups is 2. The highest BCUT2D eigenvalue weighted by atomic mass is 31.2. The Morgan fingerprint density at radius 2 is 0.614 bits per heavy atom. The van der Waals surface area contributed by atoms with Crippen molar-refractivity contribution < 1.29 is 42.1 Å². The van der Waals surface area contributed by atoms with Crippen LogP contribution in [-0.2, 0) is 32.7 Å². The van der Waals surface area contributed by atoms with E-state index in [1.165, 1.54) is 327 Å². The predicted molar refractivity (Wildman–Crippen MR) is 381 cm³/mol. The molecule has 10 heteroatoms. The maximum absolute atomic E-state index is 12.9.